The maximum Gasteiger partial charge on any atom is 0.417 e. The zero-order valence-corrected chi connectivity index (χ0v) is 14.2. The molecule has 2 aromatic carbocycles. The normalized spacial score (nSPS) is 10.8. The zero-order valence-electron chi connectivity index (χ0n) is 13.4. The Balaban J connectivity index is 1.65. The molecule has 0 aliphatic rings. The van der Waals surface area contributed by atoms with Gasteiger partial charge in [0.25, 0.3) is 10.0 Å². The molecule has 0 radical (unpaired) electrons. The van der Waals surface area contributed by atoms with Crippen molar-refractivity contribution in [1.29, 1.82) is 0 Å². The number of rotatable bonds is 5. The molecule has 0 aliphatic carbocycles. The third-order valence-corrected chi connectivity index (χ3v) is 4.50. The standard InChI is InChI=1S/C17H14N4O4S/c22-17(20-13-5-2-1-3-6-13)25-14-7-9-15(10-8-14)26(23,24)21-16-18-11-4-12-19-16/h1-12H,(H,20,22)(H,18,19,21). The lowest BCUT2D eigenvalue weighted by Gasteiger charge is -2.08. The van der Waals surface area contributed by atoms with Crippen molar-refractivity contribution in [3.05, 3.63) is 73.1 Å². The molecular formula is C17H14N4O4S. The first-order chi connectivity index (χ1) is 12.5. The molecule has 3 aromatic rings. The van der Waals surface area contributed by atoms with Gasteiger partial charge in [0.15, 0.2) is 0 Å². The van der Waals surface area contributed by atoms with Gasteiger partial charge in [-0.1, -0.05) is 18.2 Å². The first kappa shape index (κ1) is 17.4. The van der Waals surface area contributed by atoms with Crippen molar-refractivity contribution in [3.8, 4) is 5.75 Å². The van der Waals surface area contributed by atoms with Gasteiger partial charge in [-0.2, -0.15) is 0 Å². The van der Waals surface area contributed by atoms with Gasteiger partial charge in [0, 0.05) is 18.1 Å². The summed E-state index contributed by atoms with van der Waals surface area (Å²) in [5.41, 5.74) is 0.587. The van der Waals surface area contributed by atoms with Gasteiger partial charge < -0.3 is 4.74 Å². The summed E-state index contributed by atoms with van der Waals surface area (Å²) in [5, 5.41) is 2.56. The smallest absolute Gasteiger partial charge is 0.410 e. The molecule has 8 nitrogen and oxygen atoms in total. The molecule has 1 heterocycles. The zero-order chi connectivity index (χ0) is 18.4. The quantitative estimate of drug-likeness (QED) is 0.714. The summed E-state index contributed by atoms with van der Waals surface area (Å²) in [6.07, 6.45) is 2.17. The van der Waals surface area contributed by atoms with E-state index in [1.54, 1.807) is 30.3 Å². The molecule has 0 atom stereocenters. The van der Waals surface area contributed by atoms with E-state index in [1.165, 1.54) is 36.7 Å². The maximum absolute atomic E-state index is 12.3. The SMILES string of the molecule is O=C(Nc1ccccc1)Oc1ccc(S(=O)(=O)Nc2ncccn2)cc1. The van der Waals surface area contributed by atoms with Crippen LogP contribution in [0.4, 0.5) is 16.4 Å². The van der Waals surface area contributed by atoms with Gasteiger partial charge >= 0.3 is 6.09 Å². The number of nitrogens with one attached hydrogen (secondary N) is 2. The summed E-state index contributed by atoms with van der Waals surface area (Å²) < 4.78 is 31.9. The van der Waals surface area contributed by atoms with E-state index in [1.807, 2.05) is 6.07 Å². The summed E-state index contributed by atoms with van der Waals surface area (Å²) >= 11 is 0. The predicted octanol–water partition coefficient (Wildman–Crippen LogP) is 2.89. The Kier molecular flexibility index (Phi) is 5.09. The summed E-state index contributed by atoms with van der Waals surface area (Å²) in [6.45, 7) is 0. The van der Waals surface area contributed by atoms with Crippen molar-refractivity contribution >= 4 is 27.8 Å². The first-order valence-corrected chi connectivity index (χ1v) is 8.95. The van der Waals surface area contributed by atoms with E-state index in [9.17, 15) is 13.2 Å². The number of anilines is 2. The van der Waals surface area contributed by atoms with Gasteiger partial charge in [-0.3, -0.25) is 5.32 Å². The summed E-state index contributed by atoms with van der Waals surface area (Å²) in [4.78, 5) is 19.4. The number of carbonyl (C=O) groups is 1. The van der Waals surface area contributed by atoms with Crippen LogP contribution in [0.3, 0.4) is 0 Å². The molecule has 26 heavy (non-hydrogen) atoms. The Morgan fingerprint density at radius 1 is 0.885 bits per heavy atom. The summed E-state index contributed by atoms with van der Waals surface area (Å²) in [7, 11) is -3.84. The van der Waals surface area contributed by atoms with Crippen LogP contribution in [-0.4, -0.2) is 24.5 Å². The Morgan fingerprint density at radius 3 is 2.19 bits per heavy atom. The topological polar surface area (TPSA) is 110 Å². The number of carbonyl (C=O) groups excluding carboxylic acids is 1. The highest BCUT2D eigenvalue weighted by Crippen LogP contribution is 2.18. The van der Waals surface area contributed by atoms with Crippen LogP contribution in [0.2, 0.25) is 0 Å². The number of amides is 1. The molecule has 1 amide bonds. The van der Waals surface area contributed by atoms with E-state index < -0.39 is 16.1 Å². The Morgan fingerprint density at radius 2 is 1.54 bits per heavy atom. The fourth-order valence-electron chi connectivity index (χ4n) is 1.99. The molecule has 0 bridgehead atoms. The number of nitrogens with zero attached hydrogens (tertiary/aromatic N) is 2. The molecule has 0 saturated heterocycles. The minimum Gasteiger partial charge on any atom is -0.410 e. The van der Waals surface area contributed by atoms with Crippen LogP contribution >= 0.6 is 0 Å². The fourth-order valence-corrected chi connectivity index (χ4v) is 2.95. The number of hydrogen-bond acceptors (Lipinski definition) is 6. The van der Waals surface area contributed by atoms with Gasteiger partial charge in [0.2, 0.25) is 5.95 Å². The molecule has 0 spiro atoms. The average Bonchev–Trinajstić information content (AvgIpc) is 2.63. The van der Waals surface area contributed by atoms with Gasteiger partial charge in [-0.15, -0.1) is 0 Å². The fraction of sp³-hybridized carbons (Fsp3) is 0. The third kappa shape index (κ3) is 4.54. The lowest BCUT2D eigenvalue weighted by Crippen LogP contribution is -2.17. The third-order valence-electron chi connectivity index (χ3n) is 3.16. The van der Waals surface area contributed by atoms with Crippen LogP contribution < -0.4 is 14.8 Å². The van der Waals surface area contributed by atoms with Crippen molar-refractivity contribution in [3.63, 3.8) is 0 Å². The van der Waals surface area contributed by atoms with Crippen molar-refractivity contribution in [1.82, 2.24) is 9.97 Å². The maximum atomic E-state index is 12.3. The first-order valence-electron chi connectivity index (χ1n) is 7.47. The van der Waals surface area contributed by atoms with E-state index in [0.717, 1.165) is 0 Å². The van der Waals surface area contributed by atoms with Crippen molar-refractivity contribution in [2.75, 3.05) is 10.0 Å². The number of para-hydroxylation sites is 1. The second kappa shape index (κ2) is 7.62. The van der Waals surface area contributed by atoms with E-state index in [2.05, 4.69) is 20.0 Å². The van der Waals surface area contributed by atoms with Crippen LogP contribution in [0.5, 0.6) is 5.75 Å². The van der Waals surface area contributed by atoms with Crippen molar-refractivity contribution < 1.29 is 17.9 Å². The van der Waals surface area contributed by atoms with Crippen molar-refractivity contribution in [2.24, 2.45) is 0 Å². The molecule has 1 aromatic heterocycles. The molecule has 3 rings (SSSR count). The molecule has 0 unspecified atom stereocenters. The van der Waals surface area contributed by atoms with Gasteiger partial charge in [-0.05, 0) is 42.5 Å². The molecule has 0 fully saturated rings. The molecule has 2 N–H and O–H groups in total. The summed E-state index contributed by atoms with van der Waals surface area (Å²) in [6, 6.07) is 15.8. The summed E-state index contributed by atoms with van der Waals surface area (Å²) in [5.74, 6) is 0.170. The number of hydrogen-bond donors (Lipinski definition) is 2. The van der Waals surface area contributed by atoms with Crippen LogP contribution in [0.15, 0.2) is 78.0 Å². The van der Waals surface area contributed by atoms with E-state index >= 15 is 0 Å². The van der Waals surface area contributed by atoms with Crippen molar-refractivity contribution in [2.45, 2.75) is 4.90 Å². The second-order valence-corrected chi connectivity index (χ2v) is 6.71. The lowest BCUT2D eigenvalue weighted by atomic mass is 10.3. The van der Waals surface area contributed by atoms with Crippen LogP contribution in [0, 0.1) is 0 Å². The Labute approximate surface area is 149 Å². The predicted molar refractivity (Wildman–Crippen MR) is 95.4 cm³/mol. The van der Waals surface area contributed by atoms with Gasteiger partial charge in [0.1, 0.15) is 5.75 Å². The number of ether oxygens (including phenoxy) is 1. The second-order valence-electron chi connectivity index (χ2n) is 5.03. The van der Waals surface area contributed by atoms with Gasteiger partial charge in [-0.25, -0.2) is 27.9 Å². The van der Waals surface area contributed by atoms with Gasteiger partial charge in [0.05, 0.1) is 4.90 Å². The molecule has 132 valence electrons. The van der Waals surface area contributed by atoms with E-state index in [-0.39, 0.29) is 16.6 Å². The van der Waals surface area contributed by atoms with E-state index in [4.69, 9.17) is 4.74 Å². The number of aromatic nitrogens is 2. The van der Waals surface area contributed by atoms with Crippen LogP contribution in [0.25, 0.3) is 0 Å². The molecule has 0 saturated carbocycles. The van der Waals surface area contributed by atoms with E-state index in [0.29, 0.717) is 5.69 Å². The highest BCUT2D eigenvalue weighted by Gasteiger charge is 2.16. The lowest BCUT2D eigenvalue weighted by molar-refractivity contribution is 0.215. The van der Waals surface area contributed by atoms with Crippen LogP contribution in [0.1, 0.15) is 0 Å². The molecule has 9 heteroatoms. The van der Waals surface area contributed by atoms with Crippen LogP contribution in [-0.2, 0) is 10.0 Å². The number of sulfonamides is 1. The minimum absolute atomic E-state index is 0.0132. The Hall–Kier alpha value is -3.46. The highest BCUT2D eigenvalue weighted by atomic mass is 32.2. The molecular weight excluding hydrogens is 356 g/mol. The average molecular weight is 370 g/mol. The number of benzene rings is 2. The monoisotopic (exact) mass is 370 g/mol. The molecule has 0 aliphatic heterocycles. The highest BCUT2D eigenvalue weighted by molar-refractivity contribution is 7.92. The Bertz CT molecular complexity index is 978. The largest absolute Gasteiger partial charge is 0.417 e. The minimum atomic E-state index is -3.84.